The number of nitrogens with one attached hydrogen (secondary N) is 1. The molecule has 0 saturated heterocycles. The normalized spacial score (nSPS) is 10.4. The summed E-state index contributed by atoms with van der Waals surface area (Å²) in [5, 5.41) is 3.28. The van der Waals surface area contributed by atoms with Gasteiger partial charge in [0.1, 0.15) is 5.82 Å². The van der Waals surface area contributed by atoms with Gasteiger partial charge in [0.2, 0.25) is 0 Å². The standard InChI is InChI=1S/C15H19N3S/c1-3-10-16-14-9-11-17-15(18-14)12-5-7-13(8-6-12)19-4-2/h5-9,11H,3-4,10H2,1-2H3,(H,16,17,18). The molecule has 0 atom stereocenters. The Morgan fingerprint density at radius 3 is 2.58 bits per heavy atom. The fourth-order valence-corrected chi connectivity index (χ4v) is 2.38. The van der Waals surface area contributed by atoms with Crippen molar-refractivity contribution in [2.24, 2.45) is 0 Å². The number of thioether (sulfide) groups is 1. The van der Waals surface area contributed by atoms with Gasteiger partial charge in [0, 0.05) is 23.2 Å². The lowest BCUT2D eigenvalue weighted by atomic mass is 10.2. The van der Waals surface area contributed by atoms with Gasteiger partial charge in [-0.05, 0) is 30.4 Å². The van der Waals surface area contributed by atoms with E-state index in [0.717, 1.165) is 35.9 Å². The maximum atomic E-state index is 4.53. The number of benzene rings is 1. The minimum absolute atomic E-state index is 0.772. The zero-order valence-electron chi connectivity index (χ0n) is 11.4. The summed E-state index contributed by atoms with van der Waals surface area (Å²) in [5.74, 6) is 2.75. The number of aromatic nitrogens is 2. The summed E-state index contributed by atoms with van der Waals surface area (Å²) in [6, 6.07) is 10.3. The Balaban J connectivity index is 2.16. The predicted octanol–water partition coefficient (Wildman–Crippen LogP) is 4.08. The lowest BCUT2D eigenvalue weighted by Crippen LogP contribution is -2.02. The molecule has 1 aromatic heterocycles. The summed E-state index contributed by atoms with van der Waals surface area (Å²) in [4.78, 5) is 10.1. The third-order valence-corrected chi connectivity index (χ3v) is 3.53. The number of hydrogen-bond acceptors (Lipinski definition) is 4. The Hall–Kier alpha value is -1.55. The van der Waals surface area contributed by atoms with Gasteiger partial charge in [0.25, 0.3) is 0 Å². The summed E-state index contributed by atoms with van der Waals surface area (Å²) in [5.41, 5.74) is 1.06. The predicted molar refractivity (Wildman–Crippen MR) is 82.6 cm³/mol. The van der Waals surface area contributed by atoms with E-state index in [1.807, 2.05) is 17.8 Å². The van der Waals surface area contributed by atoms with Crippen LogP contribution < -0.4 is 5.32 Å². The highest BCUT2D eigenvalue weighted by molar-refractivity contribution is 7.99. The van der Waals surface area contributed by atoms with Crippen LogP contribution in [0.15, 0.2) is 41.4 Å². The lowest BCUT2D eigenvalue weighted by Gasteiger charge is -2.06. The summed E-state index contributed by atoms with van der Waals surface area (Å²) in [6.07, 6.45) is 2.89. The Bertz CT molecular complexity index is 511. The maximum absolute atomic E-state index is 4.53. The molecule has 0 bridgehead atoms. The van der Waals surface area contributed by atoms with Gasteiger partial charge in [0.05, 0.1) is 0 Å². The van der Waals surface area contributed by atoms with Crippen LogP contribution in [0.2, 0.25) is 0 Å². The van der Waals surface area contributed by atoms with Crippen LogP contribution >= 0.6 is 11.8 Å². The molecule has 100 valence electrons. The van der Waals surface area contributed by atoms with Crippen LogP contribution in [-0.4, -0.2) is 22.3 Å². The highest BCUT2D eigenvalue weighted by atomic mass is 32.2. The van der Waals surface area contributed by atoms with Gasteiger partial charge < -0.3 is 5.32 Å². The molecule has 19 heavy (non-hydrogen) atoms. The first-order valence-electron chi connectivity index (χ1n) is 6.63. The molecular weight excluding hydrogens is 254 g/mol. The molecule has 0 fully saturated rings. The average molecular weight is 273 g/mol. The van der Waals surface area contributed by atoms with Crippen LogP contribution in [0, 0.1) is 0 Å². The van der Waals surface area contributed by atoms with E-state index in [1.165, 1.54) is 4.90 Å². The molecule has 4 heteroatoms. The van der Waals surface area contributed by atoms with Crippen LogP contribution in [-0.2, 0) is 0 Å². The van der Waals surface area contributed by atoms with E-state index in [9.17, 15) is 0 Å². The minimum atomic E-state index is 0.772. The highest BCUT2D eigenvalue weighted by Gasteiger charge is 2.02. The Morgan fingerprint density at radius 2 is 1.89 bits per heavy atom. The SMILES string of the molecule is CCCNc1ccnc(-c2ccc(SCC)cc2)n1. The topological polar surface area (TPSA) is 37.8 Å². The van der Waals surface area contributed by atoms with E-state index >= 15 is 0 Å². The fourth-order valence-electron chi connectivity index (χ4n) is 1.72. The van der Waals surface area contributed by atoms with Gasteiger partial charge >= 0.3 is 0 Å². The molecule has 0 aliphatic carbocycles. The van der Waals surface area contributed by atoms with Crippen molar-refractivity contribution in [3.63, 3.8) is 0 Å². The van der Waals surface area contributed by atoms with E-state index in [2.05, 4.69) is 53.4 Å². The second-order valence-corrected chi connectivity index (χ2v) is 5.49. The zero-order chi connectivity index (χ0) is 13.5. The highest BCUT2D eigenvalue weighted by Crippen LogP contribution is 2.22. The Morgan fingerprint density at radius 1 is 1.11 bits per heavy atom. The van der Waals surface area contributed by atoms with Crippen molar-refractivity contribution in [2.75, 3.05) is 17.6 Å². The average Bonchev–Trinajstić information content (AvgIpc) is 2.46. The van der Waals surface area contributed by atoms with Crippen molar-refractivity contribution < 1.29 is 0 Å². The molecule has 0 aliphatic rings. The van der Waals surface area contributed by atoms with Crippen LogP contribution in [0.25, 0.3) is 11.4 Å². The maximum Gasteiger partial charge on any atom is 0.161 e. The lowest BCUT2D eigenvalue weighted by molar-refractivity contribution is 0.966. The largest absolute Gasteiger partial charge is 0.370 e. The first-order chi connectivity index (χ1) is 9.33. The number of rotatable bonds is 6. The molecule has 0 radical (unpaired) electrons. The zero-order valence-corrected chi connectivity index (χ0v) is 12.2. The third-order valence-electron chi connectivity index (χ3n) is 2.64. The van der Waals surface area contributed by atoms with Crippen molar-refractivity contribution in [1.82, 2.24) is 9.97 Å². The Labute approximate surface area is 118 Å². The van der Waals surface area contributed by atoms with Gasteiger partial charge in [-0.25, -0.2) is 9.97 Å². The molecule has 1 N–H and O–H groups in total. The van der Waals surface area contributed by atoms with Crippen LogP contribution in [0.5, 0.6) is 0 Å². The van der Waals surface area contributed by atoms with E-state index in [4.69, 9.17) is 0 Å². The quantitative estimate of drug-likeness (QED) is 0.805. The van der Waals surface area contributed by atoms with E-state index in [0.29, 0.717) is 0 Å². The summed E-state index contributed by atoms with van der Waals surface area (Å²) < 4.78 is 0. The number of anilines is 1. The van der Waals surface area contributed by atoms with E-state index in [1.54, 1.807) is 6.20 Å². The molecule has 3 nitrogen and oxygen atoms in total. The molecule has 1 aromatic carbocycles. The third kappa shape index (κ3) is 3.96. The molecule has 0 amide bonds. The molecule has 0 saturated carbocycles. The number of nitrogens with zero attached hydrogens (tertiary/aromatic N) is 2. The van der Waals surface area contributed by atoms with Gasteiger partial charge in [-0.3, -0.25) is 0 Å². The van der Waals surface area contributed by atoms with Crippen molar-refractivity contribution in [1.29, 1.82) is 0 Å². The molecule has 2 aromatic rings. The molecule has 2 rings (SSSR count). The monoisotopic (exact) mass is 273 g/mol. The molecule has 1 heterocycles. The first kappa shape index (κ1) is 13.9. The molecular formula is C15H19N3S. The second kappa shape index (κ2) is 7.14. The summed E-state index contributed by atoms with van der Waals surface area (Å²) in [7, 11) is 0. The van der Waals surface area contributed by atoms with E-state index < -0.39 is 0 Å². The van der Waals surface area contributed by atoms with Gasteiger partial charge in [-0.15, -0.1) is 11.8 Å². The summed E-state index contributed by atoms with van der Waals surface area (Å²) >= 11 is 1.84. The van der Waals surface area contributed by atoms with Crippen molar-refractivity contribution >= 4 is 17.6 Å². The van der Waals surface area contributed by atoms with Crippen molar-refractivity contribution in [3.8, 4) is 11.4 Å². The van der Waals surface area contributed by atoms with Gasteiger partial charge in [-0.2, -0.15) is 0 Å². The van der Waals surface area contributed by atoms with Crippen LogP contribution in [0.4, 0.5) is 5.82 Å². The smallest absolute Gasteiger partial charge is 0.161 e. The fraction of sp³-hybridized carbons (Fsp3) is 0.333. The Kier molecular flexibility index (Phi) is 5.21. The van der Waals surface area contributed by atoms with Gasteiger partial charge in [-0.1, -0.05) is 26.0 Å². The van der Waals surface area contributed by atoms with Gasteiger partial charge in [0.15, 0.2) is 5.82 Å². The number of hydrogen-bond donors (Lipinski definition) is 1. The minimum Gasteiger partial charge on any atom is -0.370 e. The van der Waals surface area contributed by atoms with Crippen molar-refractivity contribution in [3.05, 3.63) is 36.5 Å². The molecule has 0 unspecified atom stereocenters. The summed E-state index contributed by atoms with van der Waals surface area (Å²) in [6.45, 7) is 5.23. The molecule has 0 aliphatic heterocycles. The second-order valence-electron chi connectivity index (χ2n) is 4.15. The molecule has 0 spiro atoms. The van der Waals surface area contributed by atoms with E-state index in [-0.39, 0.29) is 0 Å². The van der Waals surface area contributed by atoms with Crippen LogP contribution in [0.1, 0.15) is 20.3 Å². The van der Waals surface area contributed by atoms with Crippen molar-refractivity contribution in [2.45, 2.75) is 25.2 Å². The first-order valence-corrected chi connectivity index (χ1v) is 7.62. The van der Waals surface area contributed by atoms with Crippen LogP contribution in [0.3, 0.4) is 0 Å².